The van der Waals surface area contributed by atoms with Crippen LogP contribution in [0.4, 0.5) is 24.7 Å². The summed E-state index contributed by atoms with van der Waals surface area (Å²) in [7, 11) is 3.27. The van der Waals surface area contributed by atoms with Crippen LogP contribution in [-0.4, -0.2) is 30.8 Å². The van der Waals surface area contributed by atoms with E-state index < -0.39 is 11.7 Å². The second-order valence-corrected chi connectivity index (χ2v) is 5.55. The van der Waals surface area contributed by atoms with Crippen LogP contribution >= 0.6 is 11.6 Å². The van der Waals surface area contributed by atoms with E-state index >= 15 is 0 Å². The maximum Gasteiger partial charge on any atom is 0.416 e. The molecule has 1 heterocycles. The Morgan fingerprint density at radius 3 is 2.54 bits per heavy atom. The van der Waals surface area contributed by atoms with Gasteiger partial charge in [-0.1, -0.05) is 12.1 Å². The normalized spacial score (nSPS) is 12.3. The van der Waals surface area contributed by atoms with Gasteiger partial charge in [-0.05, 0) is 24.3 Å². The SMILES string of the molecule is CN(C)c1cc(C(F)(F)F)cc(-c2cccc(N=C(N)CCl)c2)n1. The number of pyridine rings is 1. The second kappa shape index (κ2) is 7.09. The fourth-order valence-corrected chi connectivity index (χ4v) is 2.05. The summed E-state index contributed by atoms with van der Waals surface area (Å²) in [6.45, 7) is 0. The Bertz CT molecular complexity index is 757. The van der Waals surface area contributed by atoms with Crippen LogP contribution in [0.3, 0.4) is 0 Å². The zero-order valence-corrected chi connectivity index (χ0v) is 13.9. The molecule has 0 bridgehead atoms. The fraction of sp³-hybridized carbons (Fsp3) is 0.250. The van der Waals surface area contributed by atoms with Crippen molar-refractivity contribution in [3.63, 3.8) is 0 Å². The van der Waals surface area contributed by atoms with Crippen LogP contribution in [0.15, 0.2) is 41.4 Å². The molecule has 0 amide bonds. The monoisotopic (exact) mass is 356 g/mol. The van der Waals surface area contributed by atoms with Gasteiger partial charge in [0.25, 0.3) is 0 Å². The van der Waals surface area contributed by atoms with Crippen molar-refractivity contribution >= 4 is 28.9 Å². The van der Waals surface area contributed by atoms with Crippen molar-refractivity contribution in [1.82, 2.24) is 4.98 Å². The minimum absolute atomic E-state index is 0.0663. The van der Waals surface area contributed by atoms with Gasteiger partial charge in [-0.2, -0.15) is 13.2 Å². The number of aliphatic imine (C=N–C) groups is 1. The van der Waals surface area contributed by atoms with Gasteiger partial charge in [0.2, 0.25) is 0 Å². The molecule has 0 aliphatic heterocycles. The summed E-state index contributed by atoms with van der Waals surface area (Å²) in [5.41, 5.74) is 6.03. The van der Waals surface area contributed by atoms with Gasteiger partial charge < -0.3 is 10.6 Å². The summed E-state index contributed by atoms with van der Waals surface area (Å²) in [4.78, 5) is 9.89. The standard InChI is InChI=1S/C16H16ClF3N4/c1-24(2)15-8-11(16(18,19)20)7-13(23-15)10-4-3-5-12(6-10)22-14(21)9-17/h3-8H,9H2,1-2H3,(H2,21,22). The predicted molar refractivity (Wildman–Crippen MR) is 91.0 cm³/mol. The summed E-state index contributed by atoms with van der Waals surface area (Å²) in [6, 6.07) is 8.66. The number of nitrogens with zero attached hydrogens (tertiary/aromatic N) is 3. The van der Waals surface area contributed by atoms with Crippen molar-refractivity contribution in [2.24, 2.45) is 10.7 Å². The third-order valence-corrected chi connectivity index (χ3v) is 3.42. The van der Waals surface area contributed by atoms with Crippen molar-refractivity contribution in [2.45, 2.75) is 6.18 Å². The summed E-state index contributed by atoms with van der Waals surface area (Å²) >= 11 is 5.59. The lowest BCUT2D eigenvalue weighted by atomic mass is 10.1. The van der Waals surface area contributed by atoms with Crippen LogP contribution in [0.25, 0.3) is 11.3 Å². The minimum Gasteiger partial charge on any atom is -0.386 e. The molecule has 0 atom stereocenters. The molecule has 0 aliphatic carbocycles. The number of benzene rings is 1. The highest BCUT2D eigenvalue weighted by Gasteiger charge is 2.32. The van der Waals surface area contributed by atoms with Gasteiger partial charge in [-0.15, -0.1) is 11.6 Å². The molecule has 0 aliphatic rings. The summed E-state index contributed by atoms with van der Waals surface area (Å²) in [5.74, 6) is 0.505. The third kappa shape index (κ3) is 4.38. The maximum absolute atomic E-state index is 13.1. The first-order valence-electron chi connectivity index (χ1n) is 6.96. The van der Waals surface area contributed by atoms with Gasteiger partial charge >= 0.3 is 6.18 Å². The Balaban J connectivity index is 2.56. The molecule has 0 saturated heterocycles. The van der Waals surface area contributed by atoms with Gasteiger partial charge in [-0.3, -0.25) is 0 Å². The van der Waals surface area contributed by atoms with Crippen molar-refractivity contribution < 1.29 is 13.2 Å². The molecule has 0 fully saturated rings. The Labute approximate surface area is 142 Å². The second-order valence-electron chi connectivity index (χ2n) is 5.28. The zero-order valence-electron chi connectivity index (χ0n) is 13.1. The molecule has 0 radical (unpaired) electrons. The smallest absolute Gasteiger partial charge is 0.386 e. The summed E-state index contributed by atoms with van der Waals surface area (Å²) < 4.78 is 39.4. The Kier molecular flexibility index (Phi) is 5.33. The van der Waals surface area contributed by atoms with Crippen LogP contribution in [0, 0.1) is 0 Å². The summed E-state index contributed by atoms with van der Waals surface area (Å²) in [5, 5.41) is 0. The molecule has 1 aromatic carbocycles. The summed E-state index contributed by atoms with van der Waals surface area (Å²) in [6.07, 6.45) is -4.46. The first-order chi connectivity index (χ1) is 11.2. The van der Waals surface area contributed by atoms with E-state index in [1.807, 2.05) is 0 Å². The first kappa shape index (κ1) is 18.1. The molecule has 128 valence electrons. The van der Waals surface area contributed by atoms with E-state index in [1.54, 1.807) is 38.4 Å². The minimum atomic E-state index is -4.46. The number of aromatic nitrogens is 1. The van der Waals surface area contributed by atoms with Crippen LogP contribution in [-0.2, 0) is 6.18 Å². The number of anilines is 1. The molecule has 24 heavy (non-hydrogen) atoms. The molecular formula is C16H16ClF3N4. The van der Waals surface area contributed by atoms with Gasteiger partial charge in [0.1, 0.15) is 11.7 Å². The number of hydrogen-bond acceptors (Lipinski definition) is 3. The van der Waals surface area contributed by atoms with E-state index in [2.05, 4.69) is 9.98 Å². The predicted octanol–water partition coefficient (Wildman–Crippen LogP) is 4.06. The molecule has 2 rings (SSSR count). The van der Waals surface area contributed by atoms with E-state index in [0.717, 1.165) is 12.1 Å². The van der Waals surface area contributed by atoms with Crippen LogP contribution in [0.5, 0.6) is 0 Å². The number of amidine groups is 1. The van der Waals surface area contributed by atoms with Crippen LogP contribution in [0.1, 0.15) is 5.56 Å². The average molecular weight is 357 g/mol. The Morgan fingerprint density at radius 1 is 1.25 bits per heavy atom. The molecule has 4 nitrogen and oxygen atoms in total. The number of halogens is 4. The number of hydrogen-bond donors (Lipinski definition) is 1. The molecular weight excluding hydrogens is 341 g/mol. The van der Waals surface area contributed by atoms with Crippen molar-refractivity contribution in [1.29, 1.82) is 0 Å². The van der Waals surface area contributed by atoms with E-state index in [1.165, 1.54) is 4.90 Å². The maximum atomic E-state index is 13.1. The molecule has 2 aromatic rings. The van der Waals surface area contributed by atoms with Gasteiger partial charge in [-0.25, -0.2) is 9.98 Å². The Morgan fingerprint density at radius 2 is 1.96 bits per heavy atom. The highest BCUT2D eigenvalue weighted by molar-refractivity contribution is 6.28. The van der Waals surface area contributed by atoms with Crippen molar-refractivity contribution in [2.75, 3.05) is 24.9 Å². The molecule has 0 unspecified atom stereocenters. The van der Waals surface area contributed by atoms with E-state index in [9.17, 15) is 13.2 Å². The lowest BCUT2D eigenvalue weighted by molar-refractivity contribution is -0.137. The van der Waals surface area contributed by atoms with Gasteiger partial charge in [0.05, 0.1) is 22.8 Å². The fourth-order valence-electron chi connectivity index (χ4n) is 1.99. The quantitative estimate of drug-likeness (QED) is 0.510. The molecule has 0 saturated carbocycles. The lowest BCUT2D eigenvalue weighted by Crippen LogP contribution is -2.14. The zero-order chi connectivity index (χ0) is 17.9. The topological polar surface area (TPSA) is 54.5 Å². The highest BCUT2D eigenvalue weighted by Crippen LogP contribution is 2.34. The van der Waals surface area contributed by atoms with Crippen molar-refractivity contribution in [3.8, 4) is 11.3 Å². The number of nitrogens with two attached hydrogens (primary N) is 1. The molecule has 8 heteroatoms. The molecule has 0 spiro atoms. The van der Waals surface area contributed by atoms with E-state index in [0.29, 0.717) is 11.3 Å². The van der Waals surface area contributed by atoms with E-state index in [-0.39, 0.29) is 23.2 Å². The van der Waals surface area contributed by atoms with Crippen molar-refractivity contribution in [3.05, 3.63) is 42.0 Å². The molecule has 1 aromatic heterocycles. The third-order valence-electron chi connectivity index (χ3n) is 3.15. The van der Waals surface area contributed by atoms with Gasteiger partial charge in [0, 0.05) is 19.7 Å². The average Bonchev–Trinajstić information content (AvgIpc) is 2.53. The number of rotatable bonds is 4. The highest BCUT2D eigenvalue weighted by atomic mass is 35.5. The van der Waals surface area contributed by atoms with E-state index in [4.69, 9.17) is 17.3 Å². The van der Waals surface area contributed by atoms with Gasteiger partial charge in [0.15, 0.2) is 0 Å². The van der Waals surface area contributed by atoms with Crippen LogP contribution < -0.4 is 10.6 Å². The number of alkyl halides is 4. The molecule has 2 N–H and O–H groups in total. The van der Waals surface area contributed by atoms with Crippen LogP contribution in [0.2, 0.25) is 0 Å². The first-order valence-corrected chi connectivity index (χ1v) is 7.50. The largest absolute Gasteiger partial charge is 0.416 e. The Hall–Kier alpha value is -2.28. The lowest BCUT2D eigenvalue weighted by Gasteiger charge is -2.16.